The third-order valence-corrected chi connectivity index (χ3v) is 5.76. The second kappa shape index (κ2) is 3.25. The first kappa shape index (κ1) is 11.5. The van der Waals surface area contributed by atoms with E-state index in [0.717, 1.165) is 16.7 Å². The third-order valence-electron chi connectivity index (χ3n) is 5.76. The highest BCUT2D eigenvalue weighted by Gasteiger charge is 2.69. The smallest absolute Gasteiger partial charge is 0.0233 e. The number of fused-ring (bicyclic) bond motifs is 2. The van der Waals surface area contributed by atoms with Crippen LogP contribution in [0, 0.1) is 28.6 Å². The van der Waals surface area contributed by atoms with Gasteiger partial charge in [-0.2, -0.15) is 0 Å². The molecule has 1 spiro atoms. The summed E-state index contributed by atoms with van der Waals surface area (Å²) in [6, 6.07) is 0. The van der Waals surface area contributed by atoms with Gasteiger partial charge in [-0.3, -0.25) is 0 Å². The van der Waals surface area contributed by atoms with Gasteiger partial charge in [0.2, 0.25) is 0 Å². The van der Waals surface area contributed by atoms with E-state index in [1.165, 1.54) is 11.8 Å². The number of hydrogen-bond acceptors (Lipinski definition) is 0. The van der Waals surface area contributed by atoms with Crippen molar-refractivity contribution in [2.75, 3.05) is 0 Å². The molecule has 0 aromatic rings. The molecule has 4 fully saturated rings. The molecule has 4 aliphatic carbocycles. The Morgan fingerprint density at radius 1 is 0.933 bits per heavy atom. The van der Waals surface area contributed by atoms with Gasteiger partial charge >= 0.3 is 0 Å². The lowest BCUT2D eigenvalue weighted by Crippen LogP contribution is -2.41. The Labute approximate surface area is 95.8 Å². The summed E-state index contributed by atoms with van der Waals surface area (Å²) in [6.45, 7) is 6.57. The molecule has 0 aliphatic heterocycles. The summed E-state index contributed by atoms with van der Waals surface area (Å²) in [5.74, 6) is 3.53. The van der Waals surface area contributed by atoms with Gasteiger partial charge in [0.1, 0.15) is 0 Å². The molecule has 0 heterocycles. The van der Waals surface area contributed by atoms with Gasteiger partial charge in [-0.25, -0.2) is 0 Å². The molecule has 88 valence electrons. The lowest BCUT2D eigenvalue weighted by molar-refractivity contribution is -0.00184. The molecule has 4 aliphatic rings. The van der Waals surface area contributed by atoms with Crippen LogP contribution < -0.4 is 0 Å². The van der Waals surface area contributed by atoms with E-state index in [9.17, 15) is 0 Å². The highest BCUT2D eigenvalue weighted by atomic mass is 14.7. The molecular formula is C15H28. The van der Waals surface area contributed by atoms with Crippen molar-refractivity contribution in [2.45, 2.75) is 66.7 Å². The largest absolute Gasteiger partial charge is 0.0776 e. The Morgan fingerprint density at radius 2 is 1.67 bits per heavy atom. The normalized spacial score (nSPS) is 57.4. The maximum atomic E-state index is 2.57. The molecule has 0 amide bonds. The van der Waals surface area contributed by atoms with Crippen LogP contribution in [-0.2, 0) is 0 Å². The van der Waals surface area contributed by atoms with Crippen LogP contribution in [0.3, 0.4) is 0 Å². The van der Waals surface area contributed by atoms with E-state index in [4.69, 9.17) is 0 Å². The first-order valence-electron chi connectivity index (χ1n) is 6.70. The van der Waals surface area contributed by atoms with E-state index in [1.807, 2.05) is 13.8 Å². The predicted octanol–water partition coefficient (Wildman–Crippen LogP) is 4.89. The van der Waals surface area contributed by atoms with Crippen LogP contribution in [0.5, 0.6) is 0 Å². The summed E-state index contributed by atoms with van der Waals surface area (Å²) in [4.78, 5) is 0. The lowest BCUT2D eigenvalue weighted by Gasteiger charge is -2.49. The molecule has 5 atom stereocenters. The van der Waals surface area contributed by atoms with Gasteiger partial charge in [0.15, 0.2) is 0 Å². The topological polar surface area (TPSA) is 0 Å². The molecule has 0 N–H and O–H groups in total. The molecule has 4 saturated carbocycles. The van der Waals surface area contributed by atoms with Crippen molar-refractivity contribution >= 4 is 0 Å². The average Bonchev–Trinajstić information content (AvgIpc) is 2.45. The summed E-state index contributed by atoms with van der Waals surface area (Å²) >= 11 is 0. The number of hydrogen-bond donors (Lipinski definition) is 0. The van der Waals surface area contributed by atoms with Crippen LogP contribution in [0.1, 0.15) is 66.7 Å². The average molecular weight is 208 g/mol. The Bertz CT molecular complexity index is 251. The Hall–Kier alpha value is 0. The molecule has 3 bridgehead atoms. The summed E-state index contributed by atoms with van der Waals surface area (Å²) in [5, 5.41) is 0. The monoisotopic (exact) mass is 208 g/mol. The van der Waals surface area contributed by atoms with Gasteiger partial charge in [0.05, 0.1) is 0 Å². The molecule has 4 rings (SSSR count). The van der Waals surface area contributed by atoms with Crippen molar-refractivity contribution in [1.82, 2.24) is 0 Å². The molecule has 0 radical (unpaired) electrons. The molecule has 5 unspecified atom stereocenters. The van der Waals surface area contributed by atoms with E-state index in [2.05, 4.69) is 6.92 Å². The fourth-order valence-electron chi connectivity index (χ4n) is 5.79. The minimum Gasteiger partial charge on any atom is -0.0776 e. The second-order valence-corrected chi connectivity index (χ2v) is 6.56. The van der Waals surface area contributed by atoms with E-state index >= 15 is 0 Å². The van der Waals surface area contributed by atoms with Gasteiger partial charge < -0.3 is 0 Å². The maximum Gasteiger partial charge on any atom is -0.0233 e. The second-order valence-electron chi connectivity index (χ2n) is 6.56. The summed E-state index contributed by atoms with van der Waals surface area (Å²) in [6.07, 6.45) is 9.67. The zero-order valence-electron chi connectivity index (χ0n) is 9.97. The zero-order chi connectivity index (χ0) is 9.97. The van der Waals surface area contributed by atoms with Crippen LogP contribution >= 0.6 is 0 Å². The standard InChI is InChI=1S/C12H18.C2H6.CH4/c1-11-4-8-2-9-3-10(6-11)12(9,5-8)7-11;1-2;/h8-10H,2-7H2,1H3;1-2H3;1H4. The first-order chi connectivity index (χ1) is 6.70. The fraction of sp³-hybridized carbons (Fsp3) is 1.00. The quantitative estimate of drug-likeness (QED) is 0.532. The SMILES string of the molecule is C.CC.CC12CC3CC4CC(C1)C4(C3)C2. The van der Waals surface area contributed by atoms with Crippen LogP contribution in [-0.4, -0.2) is 0 Å². The minimum atomic E-state index is 0. The maximum absolute atomic E-state index is 2.57. The molecule has 0 aromatic carbocycles. The molecule has 15 heavy (non-hydrogen) atoms. The molecule has 0 saturated heterocycles. The van der Waals surface area contributed by atoms with Crippen molar-refractivity contribution in [2.24, 2.45) is 28.6 Å². The van der Waals surface area contributed by atoms with Crippen LogP contribution in [0.4, 0.5) is 0 Å². The highest BCUT2D eigenvalue weighted by Crippen LogP contribution is 2.78. The Kier molecular flexibility index (Phi) is 2.48. The summed E-state index contributed by atoms with van der Waals surface area (Å²) in [7, 11) is 0. The zero-order valence-corrected chi connectivity index (χ0v) is 9.97. The van der Waals surface area contributed by atoms with Gasteiger partial charge in [0, 0.05) is 0 Å². The van der Waals surface area contributed by atoms with E-state index in [1.54, 1.807) is 38.5 Å². The van der Waals surface area contributed by atoms with Crippen molar-refractivity contribution < 1.29 is 0 Å². The van der Waals surface area contributed by atoms with Crippen molar-refractivity contribution in [1.29, 1.82) is 0 Å². The van der Waals surface area contributed by atoms with Gasteiger partial charge in [-0.05, 0) is 67.1 Å². The Balaban J connectivity index is 0.000000271. The minimum absolute atomic E-state index is 0. The predicted molar refractivity (Wildman–Crippen MR) is 66.8 cm³/mol. The van der Waals surface area contributed by atoms with Crippen molar-refractivity contribution in [3.8, 4) is 0 Å². The van der Waals surface area contributed by atoms with Gasteiger partial charge in [-0.15, -0.1) is 0 Å². The van der Waals surface area contributed by atoms with Crippen LogP contribution in [0.15, 0.2) is 0 Å². The third kappa shape index (κ3) is 1.20. The lowest BCUT2D eigenvalue weighted by atomic mass is 9.56. The van der Waals surface area contributed by atoms with Crippen LogP contribution in [0.25, 0.3) is 0 Å². The van der Waals surface area contributed by atoms with E-state index < -0.39 is 0 Å². The summed E-state index contributed by atoms with van der Waals surface area (Å²) < 4.78 is 0. The molecule has 0 heteroatoms. The summed E-state index contributed by atoms with van der Waals surface area (Å²) in [5.41, 5.74) is 1.73. The first-order valence-corrected chi connectivity index (χ1v) is 6.70. The molecule has 0 aromatic heterocycles. The highest BCUT2D eigenvalue weighted by molar-refractivity contribution is 5.18. The number of rotatable bonds is 0. The van der Waals surface area contributed by atoms with Crippen molar-refractivity contribution in [3.05, 3.63) is 0 Å². The van der Waals surface area contributed by atoms with Gasteiger partial charge in [-0.1, -0.05) is 28.2 Å². The fourth-order valence-corrected chi connectivity index (χ4v) is 5.79. The molecule has 0 nitrogen and oxygen atoms in total. The molecular weight excluding hydrogens is 180 g/mol. The van der Waals surface area contributed by atoms with E-state index in [-0.39, 0.29) is 7.43 Å². The van der Waals surface area contributed by atoms with E-state index in [0.29, 0.717) is 0 Å². The van der Waals surface area contributed by atoms with Crippen molar-refractivity contribution in [3.63, 3.8) is 0 Å². The van der Waals surface area contributed by atoms with Crippen LogP contribution in [0.2, 0.25) is 0 Å². The van der Waals surface area contributed by atoms with Gasteiger partial charge in [0.25, 0.3) is 0 Å². The Morgan fingerprint density at radius 3 is 2.40 bits per heavy atom.